The van der Waals surface area contributed by atoms with Gasteiger partial charge in [0.1, 0.15) is 5.92 Å². The maximum absolute atomic E-state index is 11.5. The van der Waals surface area contributed by atoms with Gasteiger partial charge < -0.3 is 10.4 Å². The zero-order valence-corrected chi connectivity index (χ0v) is 10.7. The second-order valence-corrected chi connectivity index (χ2v) is 4.50. The molecule has 0 spiro atoms. The van der Waals surface area contributed by atoms with Crippen LogP contribution >= 0.6 is 27.5 Å². The van der Waals surface area contributed by atoms with E-state index in [4.69, 9.17) is 16.7 Å². The van der Waals surface area contributed by atoms with E-state index in [1.54, 1.807) is 18.2 Å². The lowest BCUT2D eigenvalue weighted by molar-refractivity contribution is -0.144. The fraction of sp³-hybridized carbons (Fsp3) is 0.200. The van der Waals surface area contributed by atoms with Crippen molar-refractivity contribution in [2.24, 2.45) is 5.92 Å². The van der Waals surface area contributed by atoms with Crippen molar-refractivity contribution in [3.05, 3.63) is 27.7 Å². The minimum atomic E-state index is -1.18. The Morgan fingerprint density at radius 2 is 2.12 bits per heavy atom. The van der Waals surface area contributed by atoms with Gasteiger partial charge in [-0.25, -0.2) is 0 Å². The molecular weight excluding hydrogens is 297 g/mol. The molecule has 0 aliphatic rings. The van der Waals surface area contributed by atoms with Gasteiger partial charge in [-0.2, -0.15) is 0 Å². The number of anilines is 1. The molecule has 2 N–H and O–H groups in total. The number of rotatable bonds is 3. The third kappa shape index (κ3) is 3.21. The summed E-state index contributed by atoms with van der Waals surface area (Å²) < 4.78 is 0.746. The van der Waals surface area contributed by atoms with Crippen LogP contribution in [0, 0.1) is 5.92 Å². The normalized spacial score (nSPS) is 11.9. The van der Waals surface area contributed by atoms with Gasteiger partial charge in [0.05, 0.1) is 10.7 Å². The first-order chi connectivity index (χ1) is 7.41. The summed E-state index contributed by atoms with van der Waals surface area (Å²) in [5, 5.41) is 11.5. The van der Waals surface area contributed by atoms with Crippen LogP contribution in [0.15, 0.2) is 22.7 Å². The van der Waals surface area contributed by atoms with Gasteiger partial charge in [-0.1, -0.05) is 27.5 Å². The highest BCUT2D eigenvalue weighted by Crippen LogP contribution is 2.26. The molecule has 0 bridgehead atoms. The van der Waals surface area contributed by atoms with E-state index in [0.717, 1.165) is 4.47 Å². The number of carboxylic acid groups (broad SMARTS) is 1. The summed E-state index contributed by atoms with van der Waals surface area (Å²) in [4.78, 5) is 22.0. The molecule has 0 aliphatic carbocycles. The van der Waals surface area contributed by atoms with Crippen molar-refractivity contribution in [2.75, 3.05) is 5.32 Å². The third-order valence-corrected chi connectivity index (χ3v) is 2.77. The Hall–Kier alpha value is -1.07. The fourth-order valence-electron chi connectivity index (χ4n) is 0.946. The van der Waals surface area contributed by atoms with E-state index in [0.29, 0.717) is 10.7 Å². The van der Waals surface area contributed by atoms with Gasteiger partial charge in [-0.15, -0.1) is 0 Å². The SMILES string of the molecule is CC(C(=O)O)C(=O)Nc1cc(Br)ccc1Cl. The summed E-state index contributed by atoms with van der Waals surface area (Å²) in [5.41, 5.74) is 0.383. The maximum atomic E-state index is 11.5. The fourth-order valence-corrected chi connectivity index (χ4v) is 1.47. The lowest BCUT2D eigenvalue weighted by Crippen LogP contribution is -2.26. The van der Waals surface area contributed by atoms with Crippen LogP contribution in [0.2, 0.25) is 5.02 Å². The first kappa shape index (κ1) is 13.0. The average molecular weight is 307 g/mol. The molecule has 0 aliphatic heterocycles. The van der Waals surface area contributed by atoms with Gasteiger partial charge in [0.25, 0.3) is 0 Å². The largest absolute Gasteiger partial charge is 0.481 e. The minimum Gasteiger partial charge on any atom is -0.481 e. The number of benzene rings is 1. The number of aliphatic carboxylic acids is 1. The highest BCUT2D eigenvalue weighted by atomic mass is 79.9. The van der Waals surface area contributed by atoms with E-state index >= 15 is 0 Å². The first-order valence-corrected chi connectivity index (χ1v) is 5.57. The van der Waals surface area contributed by atoms with Gasteiger partial charge in [-0.3, -0.25) is 9.59 Å². The quantitative estimate of drug-likeness (QED) is 0.844. The molecule has 0 heterocycles. The first-order valence-electron chi connectivity index (χ1n) is 4.40. The van der Waals surface area contributed by atoms with Crippen LogP contribution < -0.4 is 5.32 Å². The van der Waals surface area contributed by atoms with Crippen molar-refractivity contribution in [3.63, 3.8) is 0 Å². The van der Waals surface area contributed by atoms with Crippen LogP contribution in [0.1, 0.15) is 6.92 Å². The van der Waals surface area contributed by atoms with E-state index in [2.05, 4.69) is 21.2 Å². The van der Waals surface area contributed by atoms with Gasteiger partial charge in [0.15, 0.2) is 0 Å². The maximum Gasteiger partial charge on any atom is 0.315 e. The van der Waals surface area contributed by atoms with Crippen LogP contribution in [-0.4, -0.2) is 17.0 Å². The van der Waals surface area contributed by atoms with Crippen molar-refractivity contribution in [3.8, 4) is 0 Å². The second-order valence-electron chi connectivity index (χ2n) is 3.17. The standard InChI is InChI=1S/C10H9BrClNO3/c1-5(10(15)16)9(14)13-8-4-6(11)2-3-7(8)12/h2-5H,1H3,(H,13,14)(H,15,16). The molecule has 1 aromatic carbocycles. The monoisotopic (exact) mass is 305 g/mol. The Bertz CT molecular complexity index is 436. The molecule has 16 heavy (non-hydrogen) atoms. The molecule has 4 nitrogen and oxygen atoms in total. The molecule has 86 valence electrons. The third-order valence-electron chi connectivity index (χ3n) is 1.95. The lowest BCUT2D eigenvalue weighted by atomic mass is 10.1. The number of carbonyl (C=O) groups excluding carboxylic acids is 1. The number of carbonyl (C=O) groups is 2. The van der Waals surface area contributed by atoms with Crippen molar-refractivity contribution < 1.29 is 14.7 Å². The number of carboxylic acids is 1. The van der Waals surface area contributed by atoms with Gasteiger partial charge in [-0.05, 0) is 25.1 Å². The summed E-state index contributed by atoms with van der Waals surface area (Å²) in [6.45, 7) is 1.31. The lowest BCUT2D eigenvalue weighted by Gasteiger charge is -2.09. The number of amides is 1. The van der Waals surface area contributed by atoms with Crippen LogP contribution in [0.5, 0.6) is 0 Å². The number of hydrogen-bond donors (Lipinski definition) is 2. The van der Waals surface area contributed by atoms with Gasteiger partial charge >= 0.3 is 5.97 Å². The predicted molar refractivity (Wildman–Crippen MR) is 64.6 cm³/mol. The van der Waals surface area contributed by atoms with E-state index < -0.39 is 17.8 Å². The van der Waals surface area contributed by atoms with Gasteiger partial charge in [0, 0.05) is 4.47 Å². The Kier molecular flexibility index (Phi) is 4.32. The number of halogens is 2. The highest BCUT2D eigenvalue weighted by molar-refractivity contribution is 9.10. The van der Waals surface area contributed by atoms with Crippen LogP contribution in [0.25, 0.3) is 0 Å². The van der Waals surface area contributed by atoms with E-state index in [1.165, 1.54) is 6.92 Å². The summed E-state index contributed by atoms with van der Waals surface area (Å²) >= 11 is 9.07. The zero-order chi connectivity index (χ0) is 12.3. The Morgan fingerprint density at radius 3 is 2.69 bits per heavy atom. The summed E-state index contributed by atoms with van der Waals surface area (Å²) in [5.74, 6) is -2.90. The Morgan fingerprint density at radius 1 is 1.50 bits per heavy atom. The van der Waals surface area contributed by atoms with E-state index in [9.17, 15) is 9.59 Å². The van der Waals surface area contributed by atoms with E-state index in [1.807, 2.05) is 0 Å². The molecule has 1 atom stereocenters. The topological polar surface area (TPSA) is 66.4 Å². The van der Waals surface area contributed by atoms with Crippen molar-refractivity contribution in [1.82, 2.24) is 0 Å². The smallest absolute Gasteiger partial charge is 0.315 e. The average Bonchev–Trinajstić information content (AvgIpc) is 2.22. The molecule has 1 aromatic rings. The second kappa shape index (κ2) is 5.32. The van der Waals surface area contributed by atoms with Gasteiger partial charge in [0.2, 0.25) is 5.91 Å². The molecular formula is C10H9BrClNO3. The van der Waals surface area contributed by atoms with E-state index in [-0.39, 0.29) is 0 Å². The van der Waals surface area contributed by atoms with Crippen LogP contribution in [-0.2, 0) is 9.59 Å². The predicted octanol–water partition coefficient (Wildman–Crippen LogP) is 2.76. The number of nitrogens with one attached hydrogen (secondary N) is 1. The van der Waals surface area contributed by atoms with Crippen LogP contribution in [0.4, 0.5) is 5.69 Å². The van der Waals surface area contributed by atoms with Crippen molar-refractivity contribution in [1.29, 1.82) is 0 Å². The Labute approximate surface area is 106 Å². The molecule has 1 unspecified atom stereocenters. The highest BCUT2D eigenvalue weighted by Gasteiger charge is 2.21. The van der Waals surface area contributed by atoms with Crippen molar-refractivity contribution >= 4 is 45.1 Å². The summed E-state index contributed by atoms with van der Waals surface area (Å²) in [6.07, 6.45) is 0. The molecule has 0 saturated heterocycles. The molecule has 6 heteroatoms. The number of hydrogen-bond acceptors (Lipinski definition) is 2. The van der Waals surface area contributed by atoms with Crippen molar-refractivity contribution in [2.45, 2.75) is 6.92 Å². The molecule has 0 fully saturated rings. The summed E-state index contributed by atoms with van der Waals surface area (Å²) in [6, 6.07) is 4.93. The molecule has 1 amide bonds. The molecule has 0 aromatic heterocycles. The summed E-state index contributed by atoms with van der Waals surface area (Å²) in [7, 11) is 0. The molecule has 1 rings (SSSR count). The van der Waals surface area contributed by atoms with Crippen LogP contribution in [0.3, 0.4) is 0 Å². The Balaban J connectivity index is 2.84. The minimum absolute atomic E-state index is 0.356. The molecule has 0 radical (unpaired) electrons. The zero-order valence-electron chi connectivity index (χ0n) is 8.33. The molecule has 0 saturated carbocycles.